The number of nitroso groups, excluding NO2 is 1. The molecule has 3 nitrogen and oxygen atoms in total. The molecular weight excluding hydrogens is 202 g/mol. The quantitative estimate of drug-likeness (QED) is 0.679. The average Bonchev–Trinajstić information content (AvgIpc) is 2.54. The van der Waals surface area contributed by atoms with E-state index in [1.807, 2.05) is 18.2 Å². The van der Waals surface area contributed by atoms with E-state index in [0.29, 0.717) is 12.0 Å². The Labute approximate surface area is 94.8 Å². The largest absolute Gasteiger partial charge is 0.292 e. The summed E-state index contributed by atoms with van der Waals surface area (Å²) in [6, 6.07) is 5.17. The van der Waals surface area contributed by atoms with Crippen LogP contribution in [0.2, 0.25) is 0 Å². The molecule has 0 fully saturated rings. The van der Waals surface area contributed by atoms with E-state index in [9.17, 15) is 9.70 Å². The van der Waals surface area contributed by atoms with E-state index in [0.717, 1.165) is 11.1 Å². The highest BCUT2D eigenvalue weighted by molar-refractivity contribution is 6.04. The van der Waals surface area contributed by atoms with E-state index < -0.39 is 6.04 Å². The van der Waals surface area contributed by atoms with Gasteiger partial charge in [0.1, 0.15) is 0 Å². The Balaban J connectivity index is 2.47. The van der Waals surface area contributed by atoms with E-state index in [4.69, 9.17) is 0 Å². The van der Waals surface area contributed by atoms with Crippen LogP contribution < -0.4 is 0 Å². The number of hydrogen-bond donors (Lipinski definition) is 0. The van der Waals surface area contributed by atoms with Crippen LogP contribution in [0.15, 0.2) is 23.4 Å². The molecule has 1 aliphatic carbocycles. The van der Waals surface area contributed by atoms with Crippen LogP contribution in [0.4, 0.5) is 0 Å². The van der Waals surface area contributed by atoms with Crippen molar-refractivity contribution in [1.29, 1.82) is 0 Å². The molecule has 0 bridgehead atoms. The highest BCUT2D eigenvalue weighted by Crippen LogP contribution is 2.30. The second kappa shape index (κ2) is 3.51. The number of fused-ring (bicyclic) bond motifs is 1. The van der Waals surface area contributed by atoms with E-state index in [1.165, 1.54) is 0 Å². The molecular formula is C13H15NO2. The van der Waals surface area contributed by atoms with Crippen molar-refractivity contribution < 1.29 is 4.79 Å². The van der Waals surface area contributed by atoms with Gasteiger partial charge in [0, 0.05) is 12.0 Å². The van der Waals surface area contributed by atoms with Crippen molar-refractivity contribution in [3.8, 4) is 0 Å². The van der Waals surface area contributed by atoms with Gasteiger partial charge in [-0.1, -0.05) is 38.1 Å². The highest BCUT2D eigenvalue weighted by atomic mass is 16.3. The number of carbonyl (C=O) groups excluding carboxylic acids is 1. The van der Waals surface area contributed by atoms with Crippen molar-refractivity contribution in [3.05, 3.63) is 39.8 Å². The van der Waals surface area contributed by atoms with Crippen LogP contribution in [0, 0.1) is 4.91 Å². The third-order valence-corrected chi connectivity index (χ3v) is 3.08. The molecule has 0 aliphatic heterocycles. The van der Waals surface area contributed by atoms with Gasteiger partial charge in [0.05, 0.1) is 0 Å². The molecule has 0 amide bonds. The molecule has 2 rings (SSSR count). The Morgan fingerprint density at radius 1 is 1.31 bits per heavy atom. The predicted octanol–water partition coefficient (Wildman–Crippen LogP) is 2.86. The van der Waals surface area contributed by atoms with Gasteiger partial charge in [0.2, 0.25) is 0 Å². The molecule has 1 aliphatic rings. The van der Waals surface area contributed by atoms with Crippen molar-refractivity contribution in [3.63, 3.8) is 0 Å². The number of benzene rings is 1. The van der Waals surface area contributed by atoms with E-state index in [1.54, 1.807) is 0 Å². The summed E-state index contributed by atoms with van der Waals surface area (Å²) in [6.45, 7) is 6.30. The zero-order chi connectivity index (χ0) is 11.9. The molecule has 0 heterocycles. The zero-order valence-electron chi connectivity index (χ0n) is 9.78. The minimum atomic E-state index is -0.704. The lowest BCUT2D eigenvalue weighted by atomic mass is 9.85. The molecule has 1 atom stereocenters. The number of carbonyl (C=O) groups is 1. The topological polar surface area (TPSA) is 46.5 Å². The summed E-state index contributed by atoms with van der Waals surface area (Å²) >= 11 is 0. The fourth-order valence-corrected chi connectivity index (χ4v) is 2.02. The SMILES string of the molecule is CC(C)(C)c1ccc2c(c1)C(=O)C(N=O)C2. The third-order valence-electron chi connectivity index (χ3n) is 3.08. The highest BCUT2D eigenvalue weighted by Gasteiger charge is 2.32. The van der Waals surface area contributed by atoms with Crippen LogP contribution in [0.3, 0.4) is 0 Å². The summed E-state index contributed by atoms with van der Waals surface area (Å²) in [7, 11) is 0. The first-order valence-corrected chi connectivity index (χ1v) is 5.43. The van der Waals surface area contributed by atoms with Gasteiger partial charge in [-0.2, -0.15) is 4.91 Å². The maximum Gasteiger partial charge on any atom is 0.191 e. The van der Waals surface area contributed by atoms with Crippen LogP contribution in [-0.4, -0.2) is 11.8 Å². The minimum Gasteiger partial charge on any atom is -0.292 e. The van der Waals surface area contributed by atoms with Crippen molar-refractivity contribution in [1.82, 2.24) is 0 Å². The first-order valence-electron chi connectivity index (χ1n) is 5.43. The lowest BCUT2D eigenvalue weighted by Gasteiger charge is -2.19. The Bertz CT molecular complexity index is 457. The maximum atomic E-state index is 11.8. The fraction of sp³-hybridized carbons (Fsp3) is 0.462. The van der Waals surface area contributed by atoms with Crippen molar-refractivity contribution in [2.24, 2.45) is 5.18 Å². The second-order valence-corrected chi connectivity index (χ2v) is 5.31. The maximum absolute atomic E-state index is 11.8. The molecule has 84 valence electrons. The summed E-state index contributed by atoms with van der Waals surface area (Å²) in [5.74, 6) is -0.129. The zero-order valence-corrected chi connectivity index (χ0v) is 9.78. The molecule has 16 heavy (non-hydrogen) atoms. The lowest BCUT2D eigenvalue weighted by Crippen LogP contribution is -2.14. The summed E-state index contributed by atoms with van der Waals surface area (Å²) in [4.78, 5) is 22.3. The van der Waals surface area contributed by atoms with Gasteiger partial charge in [0.15, 0.2) is 11.8 Å². The summed E-state index contributed by atoms with van der Waals surface area (Å²) in [5.41, 5.74) is 2.76. The van der Waals surface area contributed by atoms with E-state index in [-0.39, 0.29) is 11.2 Å². The van der Waals surface area contributed by atoms with Gasteiger partial charge in [-0.15, -0.1) is 0 Å². The van der Waals surface area contributed by atoms with Crippen LogP contribution in [0.25, 0.3) is 0 Å². The van der Waals surface area contributed by atoms with Gasteiger partial charge >= 0.3 is 0 Å². The molecule has 0 aromatic heterocycles. The monoisotopic (exact) mass is 217 g/mol. The Morgan fingerprint density at radius 3 is 2.56 bits per heavy atom. The van der Waals surface area contributed by atoms with Crippen molar-refractivity contribution in [2.75, 3.05) is 0 Å². The molecule has 1 unspecified atom stereocenters. The number of hydrogen-bond acceptors (Lipinski definition) is 3. The molecule has 0 spiro atoms. The lowest BCUT2D eigenvalue weighted by molar-refractivity contribution is 0.0975. The predicted molar refractivity (Wildman–Crippen MR) is 62.8 cm³/mol. The van der Waals surface area contributed by atoms with Crippen LogP contribution in [0.1, 0.15) is 42.3 Å². The van der Waals surface area contributed by atoms with Gasteiger partial charge in [-0.25, -0.2) is 0 Å². The number of rotatable bonds is 1. The normalized spacial score (nSPS) is 19.7. The van der Waals surface area contributed by atoms with Crippen LogP contribution >= 0.6 is 0 Å². The van der Waals surface area contributed by atoms with Gasteiger partial charge in [-0.05, 0) is 22.6 Å². The minimum absolute atomic E-state index is 0.0159. The molecule has 0 saturated carbocycles. The fourth-order valence-electron chi connectivity index (χ4n) is 2.02. The third kappa shape index (κ3) is 1.66. The second-order valence-electron chi connectivity index (χ2n) is 5.31. The smallest absolute Gasteiger partial charge is 0.191 e. The van der Waals surface area contributed by atoms with E-state index in [2.05, 4.69) is 25.9 Å². The Morgan fingerprint density at radius 2 is 2.00 bits per heavy atom. The molecule has 1 aromatic carbocycles. The number of Topliss-reactive ketones (excluding diaryl/α,β-unsaturated/α-hetero) is 1. The Hall–Kier alpha value is -1.51. The first-order chi connectivity index (χ1) is 7.43. The van der Waals surface area contributed by atoms with Gasteiger partial charge in [-0.3, -0.25) is 4.79 Å². The molecule has 0 saturated heterocycles. The van der Waals surface area contributed by atoms with Crippen LogP contribution in [0.5, 0.6) is 0 Å². The van der Waals surface area contributed by atoms with Crippen molar-refractivity contribution >= 4 is 5.78 Å². The summed E-state index contributed by atoms with van der Waals surface area (Å²) in [6.07, 6.45) is 0.460. The molecule has 3 heteroatoms. The summed E-state index contributed by atoms with van der Waals surface area (Å²) < 4.78 is 0. The number of nitrogens with zero attached hydrogens (tertiary/aromatic N) is 1. The number of ketones is 1. The van der Waals surface area contributed by atoms with Crippen molar-refractivity contribution in [2.45, 2.75) is 38.6 Å². The van der Waals surface area contributed by atoms with E-state index >= 15 is 0 Å². The average molecular weight is 217 g/mol. The summed E-state index contributed by atoms with van der Waals surface area (Å²) in [5, 5.41) is 2.88. The first kappa shape index (κ1) is 11.0. The van der Waals surface area contributed by atoms with Gasteiger partial charge in [0.25, 0.3) is 0 Å². The van der Waals surface area contributed by atoms with Crippen LogP contribution in [-0.2, 0) is 11.8 Å². The van der Waals surface area contributed by atoms with Gasteiger partial charge < -0.3 is 0 Å². The molecule has 0 radical (unpaired) electrons. The molecule has 0 N–H and O–H groups in total. The Kier molecular flexibility index (Phi) is 2.41. The molecule has 1 aromatic rings. The standard InChI is InChI=1S/C13H15NO2/c1-13(2,3)9-5-4-8-6-11(14-16)12(15)10(8)7-9/h4-5,7,11H,6H2,1-3H3.